The van der Waals surface area contributed by atoms with Crippen LogP contribution in [0.4, 0.5) is 11.6 Å². The van der Waals surface area contributed by atoms with E-state index in [4.69, 9.17) is 4.74 Å². The number of ether oxygens (including phenoxy) is 1. The predicted molar refractivity (Wildman–Crippen MR) is 100 cm³/mol. The normalized spacial score (nSPS) is 26.1. The number of aromatic nitrogens is 2. The van der Waals surface area contributed by atoms with Crippen molar-refractivity contribution in [3.8, 4) is 0 Å². The topological polar surface area (TPSA) is 53.5 Å². The van der Waals surface area contributed by atoms with Crippen LogP contribution in [0, 0.1) is 5.92 Å². The maximum absolute atomic E-state index is 5.50. The molecule has 25 heavy (non-hydrogen) atoms. The Bertz CT molecular complexity index is 534. The van der Waals surface area contributed by atoms with Crippen molar-refractivity contribution >= 4 is 11.6 Å². The molecule has 3 aliphatic heterocycles. The summed E-state index contributed by atoms with van der Waals surface area (Å²) < 4.78 is 5.50. The van der Waals surface area contributed by atoms with Crippen molar-refractivity contribution in [3.05, 3.63) is 12.4 Å². The van der Waals surface area contributed by atoms with Gasteiger partial charge in [-0.15, -0.1) is 0 Å². The number of nitrogens with one attached hydrogen (secondary N) is 1. The molecule has 0 bridgehead atoms. The highest BCUT2D eigenvalue weighted by atomic mass is 16.5. The van der Waals surface area contributed by atoms with E-state index in [1.807, 2.05) is 0 Å². The highest BCUT2D eigenvalue weighted by Gasteiger charge is 2.24. The third-order valence-corrected chi connectivity index (χ3v) is 5.81. The SMILES string of the molecule is c1nc(NC2CCN(CC3CCOC3)CC2)cc(N2CCCCC2)n1. The molecule has 1 N–H and O–H groups in total. The number of likely N-dealkylation sites (tertiary alicyclic amines) is 1. The van der Waals surface area contributed by atoms with Crippen molar-refractivity contribution in [2.24, 2.45) is 5.92 Å². The quantitative estimate of drug-likeness (QED) is 0.884. The maximum Gasteiger partial charge on any atom is 0.134 e. The fourth-order valence-corrected chi connectivity index (χ4v) is 4.28. The third-order valence-electron chi connectivity index (χ3n) is 5.81. The molecule has 1 atom stereocenters. The predicted octanol–water partition coefficient (Wildman–Crippen LogP) is 2.38. The van der Waals surface area contributed by atoms with Gasteiger partial charge in [-0.25, -0.2) is 9.97 Å². The van der Waals surface area contributed by atoms with Gasteiger partial charge in [-0.1, -0.05) is 0 Å². The Morgan fingerprint density at radius 3 is 2.64 bits per heavy atom. The molecule has 3 aliphatic rings. The molecule has 6 nitrogen and oxygen atoms in total. The molecular formula is C19H31N5O. The van der Waals surface area contributed by atoms with Gasteiger partial charge in [0.25, 0.3) is 0 Å². The highest BCUT2D eigenvalue weighted by molar-refractivity contribution is 5.49. The summed E-state index contributed by atoms with van der Waals surface area (Å²) in [5, 5.41) is 3.65. The van der Waals surface area contributed by atoms with E-state index < -0.39 is 0 Å². The van der Waals surface area contributed by atoms with Crippen LogP contribution in [0.15, 0.2) is 12.4 Å². The Morgan fingerprint density at radius 2 is 1.88 bits per heavy atom. The monoisotopic (exact) mass is 345 g/mol. The zero-order valence-electron chi connectivity index (χ0n) is 15.2. The van der Waals surface area contributed by atoms with E-state index in [-0.39, 0.29) is 0 Å². The van der Waals surface area contributed by atoms with Crippen LogP contribution in [0.5, 0.6) is 0 Å². The van der Waals surface area contributed by atoms with Gasteiger partial charge < -0.3 is 19.9 Å². The molecule has 138 valence electrons. The van der Waals surface area contributed by atoms with Crippen molar-refractivity contribution in [1.29, 1.82) is 0 Å². The zero-order chi connectivity index (χ0) is 16.9. The minimum atomic E-state index is 0.528. The van der Waals surface area contributed by atoms with Crippen molar-refractivity contribution in [2.75, 3.05) is 56.2 Å². The summed E-state index contributed by atoms with van der Waals surface area (Å²) in [7, 11) is 0. The molecule has 6 heteroatoms. The van der Waals surface area contributed by atoms with Gasteiger partial charge in [0.2, 0.25) is 0 Å². The van der Waals surface area contributed by atoms with Gasteiger partial charge in [0.05, 0.1) is 6.61 Å². The summed E-state index contributed by atoms with van der Waals surface area (Å²) in [6.07, 6.45) is 9.22. The summed E-state index contributed by atoms with van der Waals surface area (Å²) in [5.41, 5.74) is 0. The lowest BCUT2D eigenvalue weighted by atomic mass is 10.0. The lowest BCUT2D eigenvalue weighted by Crippen LogP contribution is -2.41. The summed E-state index contributed by atoms with van der Waals surface area (Å²) in [4.78, 5) is 13.9. The maximum atomic E-state index is 5.50. The fourth-order valence-electron chi connectivity index (χ4n) is 4.28. The molecule has 0 saturated carbocycles. The van der Waals surface area contributed by atoms with Crippen LogP contribution in [-0.2, 0) is 4.74 Å². The minimum Gasteiger partial charge on any atom is -0.381 e. The van der Waals surface area contributed by atoms with Gasteiger partial charge in [0.1, 0.15) is 18.0 Å². The summed E-state index contributed by atoms with van der Waals surface area (Å²) in [5.74, 6) is 2.81. The number of nitrogens with zero attached hydrogens (tertiary/aromatic N) is 4. The van der Waals surface area contributed by atoms with Gasteiger partial charge in [0, 0.05) is 51.4 Å². The fraction of sp³-hybridized carbons (Fsp3) is 0.789. The van der Waals surface area contributed by atoms with Crippen LogP contribution in [0.25, 0.3) is 0 Å². The van der Waals surface area contributed by atoms with Crippen LogP contribution >= 0.6 is 0 Å². The minimum absolute atomic E-state index is 0.528. The van der Waals surface area contributed by atoms with Crippen molar-refractivity contribution in [1.82, 2.24) is 14.9 Å². The van der Waals surface area contributed by atoms with E-state index in [0.717, 1.165) is 43.9 Å². The van der Waals surface area contributed by atoms with Crippen LogP contribution in [-0.4, -0.2) is 66.8 Å². The molecule has 0 aromatic carbocycles. The first-order chi connectivity index (χ1) is 12.4. The van der Waals surface area contributed by atoms with Crippen molar-refractivity contribution in [2.45, 2.75) is 44.6 Å². The Labute approximate surface area is 151 Å². The molecule has 4 rings (SSSR count). The molecule has 1 aromatic heterocycles. The zero-order valence-corrected chi connectivity index (χ0v) is 15.2. The van der Waals surface area contributed by atoms with Gasteiger partial charge in [-0.05, 0) is 44.4 Å². The second-order valence-corrected chi connectivity index (χ2v) is 7.76. The van der Waals surface area contributed by atoms with Gasteiger partial charge >= 0.3 is 0 Å². The number of hydrogen-bond acceptors (Lipinski definition) is 6. The molecular weight excluding hydrogens is 314 g/mol. The Kier molecular flexibility index (Phi) is 5.67. The molecule has 3 saturated heterocycles. The van der Waals surface area contributed by atoms with Crippen molar-refractivity contribution in [3.63, 3.8) is 0 Å². The Hall–Kier alpha value is -1.40. The molecule has 1 aromatic rings. The molecule has 0 amide bonds. The average molecular weight is 345 g/mol. The molecule has 4 heterocycles. The van der Waals surface area contributed by atoms with Crippen molar-refractivity contribution < 1.29 is 4.74 Å². The number of anilines is 2. The molecule has 0 spiro atoms. The van der Waals surface area contributed by atoms with Crippen LogP contribution < -0.4 is 10.2 Å². The van der Waals surface area contributed by atoms with E-state index in [1.165, 1.54) is 58.2 Å². The Morgan fingerprint density at radius 1 is 1.04 bits per heavy atom. The second-order valence-electron chi connectivity index (χ2n) is 7.76. The van der Waals surface area contributed by atoms with E-state index in [0.29, 0.717) is 6.04 Å². The molecule has 0 aliphatic carbocycles. The first-order valence-corrected chi connectivity index (χ1v) is 10.0. The highest BCUT2D eigenvalue weighted by Crippen LogP contribution is 2.22. The van der Waals surface area contributed by atoms with Crippen LogP contribution in [0.2, 0.25) is 0 Å². The lowest BCUT2D eigenvalue weighted by molar-refractivity contribution is 0.154. The van der Waals surface area contributed by atoms with Crippen LogP contribution in [0.3, 0.4) is 0 Å². The molecule has 3 fully saturated rings. The summed E-state index contributed by atoms with van der Waals surface area (Å²) >= 11 is 0. The van der Waals surface area contributed by atoms with Gasteiger partial charge in [-0.3, -0.25) is 0 Å². The first-order valence-electron chi connectivity index (χ1n) is 10.0. The van der Waals surface area contributed by atoms with Gasteiger partial charge in [0.15, 0.2) is 0 Å². The lowest BCUT2D eigenvalue weighted by Gasteiger charge is -2.34. The summed E-state index contributed by atoms with van der Waals surface area (Å²) in [6.45, 7) is 7.73. The first kappa shape index (κ1) is 17.0. The standard InChI is InChI=1S/C19H31N5O/c1-2-7-24(8-3-1)19-12-18(20-15-21-19)22-17-4-9-23(10-5-17)13-16-6-11-25-14-16/h12,15-17H,1-11,13-14H2,(H,20,21,22). The Balaban J connectivity index is 1.26. The van der Waals surface area contributed by atoms with E-state index >= 15 is 0 Å². The number of rotatable bonds is 5. The average Bonchev–Trinajstić information content (AvgIpc) is 3.17. The summed E-state index contributed by atoms with van der Waals surface area (Å²) in [6, 6.07) is 2.66. The second kappa shape index (κ2) is 8.32. The number of hydrogen-bond donors (Lipinski definition) is 1. The molecule has 1 unspecified atom stereocenters. The molecule has 0 radical (unpaired) electrons. The third kappa shape index (κ3) is 4.61. The van der Waals surface area contributed by atoms with Crippen LogP contribution in [0.1, 0.15) is 38.5 Å². The van der Waals surface area contributed by atoms with E-state index in [9.17, 15) is 0 Å². The van der Waals surface area contributed by atoms with E-state index in [2.05, 4.69) is 31.2 Å². The van der Waals surface area contributed by atoms with Gasteiger partial charge in [-0.2, -0.15) is 0 Å². The number of piperidine rings is 2. The van der Waals surface area contributed by atoms with E-state index in [1.54, 1.807) is 6.33 Å². The largest absolute Gasteiger partial charge is 0.381 e. The smallest absolute Gasteiger partial charge is 0.134 e.